The minimum absolute atomic E-state index is 0. The topological polar surface area (TPSA) is 77.2 Å². The number of para-hydroxylation sites is 1. The normalized spacial score (nSPS) is 10.5. The average molecular weight is 490 g/mol. The second kappa shape index (κ2) is 12.8. The van der Waals surface area contributed by atoms with E-state index in [-0.39, 0.29) is 18.3 Å². The summed E-state index contributed by atoms with van der Waals surface area (Å²) in [7, 11) is 0. The summed E-state index contributed by atoms with van der Waals surface area (Å²) in [5.41, 5.74) is 11.0. The number of ether oxygens (including phenoxy) is 1. The second-order valence-corrected chi connectivity index (χ2v) is 8.52. The summed E-state index contributed by atoms with van der Waals surface area (Å²) in [5, 5.41) is 3.87. The molecule has 0 aliphatic rings. The molecular weight excluding hydrogens is 458 g/mol. The molecule has 0 saturated carbocycles. The van der Waals surface area contributed by atoms with Gasteiger partial charge in [-0.2, -0.15) is 0 Å². The molecule has 3 N–H and O–H groups in total. The molecule has 5 nitrogen and oxygen atoms in total. The molecule has 0 saturated heterocycles. The predicted octanol–water partition coefficient (Wildman–Crippen LogP) is 6.98. The molecule has 0 bridgehead atoms. The Bertz CT molecular complexity index is 1260. The molecule has 1 heterocycles. The first-order chi connectivity index (χ1) is 16.6. The SMILES string of the molecule is Cc1cc(N)c2cc(NC(=O)c3ccccc3CCCCCCOc3ccccc3)ccc2n1.Cl. The molecule has 35 heavy (non-hydrogen) atoms. The maximum absolute atomic E-state index is 13.0. The Morgan fingerprint density at radius 1 is 0.914 bits per heavy atom. The highest BCUT2D eigenvalue weighted by atomic mass is 35.5. The van der Waals surface area contributed by atoms with E-state index in [1.54, 1.807) is 0 Å². The number of nitrogens with zero attached hydrogens (tertiary/aromatic N) is 1. The maximum Gasteiger partial charge on any atom is 0.255 e. The highest BCUT2D eigenvalue weighted by Crippen LogP contribution is 2.25. The predicted molar refractivity (Wildman–Crippen MR) is 147 cm³/mol. The Morgan fingerprint density at radius 3 is 2.49 bits per heavy atom. The minimum Gasteiger partial charge on any atom is -0.494 e. The summed E-state index contributed by atoms with van der Waals surface area (Å²) in [6.07, 6.45) is 5.14. The van der Waals surface area contributed by atoms with Crippen molar-refractivity contribution in [1.82, 2.24) is 4.98 Å². The fraction of sp³-hybridized carbons (Fsp3) is 0.241. The summed E-state index contributed by atoms with van der Waals surface area (Å²) < 4.78 is 5.75. The number of hydrogen-bond donors (Lipinski definition) is 2. The number of nitrogens with one attached hydrogen (secondary N) is 1. The van der Waals surface area contributed by atoms with E-state index in [0.29, 0.717) is 16.9 Å². The summed E-state index contributed by atoms with van der Waals surface area (Å²) >= 11 is 0. The van der Waals surface area contributed by atoms with Crippen molar-refractivity contribution in [2.24, 2.45) is 0 Å². The van der Waals surface area contributed by atoms with Gasteiger partial charge in [-0.05, 0) is 74.2 Å². The molecule has 0 aliphatic carbocycles. The molecule has 4 rings (SSSR count). The molecule has 0 spiro atoms. The van der Waals surface area contributed by atoms with Gasteiger partial charge in [0.25, 0.3) is 5.91 Å². The van der Waals surface area contributed by atoms with Gasteiger partial charge in [0.05, 0.1) is 12.1 Å². The third kappa shape index (κ3) is 7.20. The van der Waals surface area contributed by atoms with Gasteiger partial charge in [-0.25, -0.2) is 0 Å². The van der Waals surface area contributed by atoms with Crippen LogP contribution in [0.1, 0.15) is 47.3 Å². The van der Waals surface area contributed by atoms with Crippen molar-refractivity contribution in [1.29, 1.82) is 0 Å². The van der Waals surface area contributed by atoms with E-state index in [9.17, 15) is 4.79 Å². The maximum atomic E-state index is 13.0. The quantitative estimate of drug-likeness (QED) is 0.235. The van der Waals surface area contributed by atoms with E-state index in [1.165, 1.54) is 0 Å². The van der Waals surface area contributed by atoms with Crippen LogP contribution in [0.15, 0.2) is 78.9 Å². The summed E-state index contributed by atoms with van der Waals surface area (Å²) in [4.78, 5) is 17.5. The third-order valence-electron chi connectivity index (χ3n) is 5.84. The van der Waals surface area contributed by atoms with E-state index in [1.807, 2.05) is 85.8 Å². The first-order valence-electron chi connectivity index (χ1n) is 11.8. The van der Waals surface area contributed by atoms with Crippen molar-refractivity contribution in [3.05, 3.63) is 95.7 Å². The molecule has 182 valence electrons. The zero-order valence-corrected chi connectivity index (χ0v) is 20.8. The first kappa shape index (κ1) is 26.0. The van der Waals surface area contributed by atoms with Crippen molar-refractivity contribution in [3.63, 3.8) is 0 Å². The fourth-order valence-corrected chi connectivity index (χ4v) is 4.10. The van der Waals surface area contributed by atoms with Crippen molar-refractivity contribution >= 4 is 40.6 Å². The van der Waals surface area contributed by atoms with E-state index in [0.717, 1.165) is 66.6 Å². The largest absolute Gasteiger partial charge is 0.494 e. The van der Waals surface area contributed by atoms with Crippen LogP contribution in [0, 0.1) is 6.92 Å². The highest BCUT2D eigenvalue weighted by Gasteiger charge is 2.12. The lowest BCUT2D eigenvalue weighted by Crippen LogP contribution is -2.14. The number of fused-ring (bicyclic) bond motifs is 1. The molecule has 3 aromatic carbocycles. The molecule has 6 heteroatoms. The number of nitrogens with two attached hydrogens (primary N) is 1. The number of rotatable bonds is 10. The van der Waals surface area contributed by atoms with Gasteiger partial charge in [-0.1, -0.05) is 49.2 Å². The Labute approximate surface area is 213 Å². The highest BCUT2D eigenvalue weighted by molar-refractivity contribution is 6.06. The lowest BCUT2D eigenvalue weighted by Gasteiger charge is -2.12. The first-order valence-corrected chi connectivity index (χ1v) is 11.8. The van der Waals surface area contributed by atoms with Gasteiger partial charge in [0.15, 0.2) is 0 Å². The molecule has 4 aromatic rings. The number of halogens is 1. The van der Waals surface area contributed by atoms with Crippen LogP contribution >= 0.6 is 12.4 Å². The van der Waals surface area contributed by atoms with E-state index in [4.69, 9.17) is 10.5 Å². The van der Waals surface area contributed by atoms with E-state index < -0.39 is 0 Å². The molecular formula is C29H32ClN3O2. The molecule has 1 amide bonds. The Hall–Kier alpha value is -3.57. The Morgan fingerprint density at radius 2 is 1.66 bits per heavy atom. The number of carbonyl (C=O) groups is 1. The summed E-state index contributed by atoms with van der Waals surface area (Å²) in [6, 6.07) is 25.2. The van der Waals surface area contributed by atoms with Gasteiger partial charge in [0.1, 0.15) is 5.75 Å². The lowest BCUT2D eigenvalue weighted by atomic mass is 10.00. The van der Waals surface area contributed by atoms with Crippen LogP contribution in [0.3, 0.4) is 0 Å². The fourth-order valence-electron chi connectivity index (χ4n) is 4.10. The number of benzene rings is 3. The number of amides is 1. The molecule has 0 fully saturated rings. The van der Waals surface area contributed by atoms with Crippen molar-refractivity contribution in [2.75, 3.05) is 17.7 Å². The van der Waals surface area contributed by atoms with Gasteiger partial charge < -0.3 is 15.8 Å². The number of anilines is 2. The lowest BCUT2D eigenvalue weighted by molar-refractivity contribution is 0.102. The van der Waals surface area contributed by atoms with Crippen LogP contribution in [0.4, 0.5) is 11.4 Å². The number of aromatic nitrogens is 1. The van der Waals surface area contributed by atoms with Crippen LogP contribution in [-0.2, 0) is 6.42 Å². The molecule has 1 aromatic heterocycles. The third-order valence-corrected chi connectivity index (χ3v) is 5.84. The molecule has 0 atom stereocenters. The number of aryl methyl sites for hydroxylation is 2. The van der Waals surface area contributed by atoms with Crippen LogP contribution < -0.4 is 15.8 Å². The zero-order chi connectivity index (χ0) is 23.8. The van der Waals surface area contributed by atoms with Gasteiger partial charge in [0.2, 0.25) is 0 Å². The minimum atomic E-state index is -0.107. The van der Waals surface area contributed by atoms with Gasteiger partial charge in [-0.3, -0.25) is 9.78 Å². The monoisotopic (exact) mass is 489 g/mol. The number of pyridine rings is 1. The smallest absolute Gasteiger partial charge is 0.255 e. The standard InChI is InChI=1S/C29H31N3O2.ClH/c1-21-19-27(30)26-20-23(16-17-28(26)31-21)32-29(33)25-15-9-8-12-22(25)11-5-2-3-10-18-34-24-13-6-4-7-14-24;/h4,6-9,12-17,19-20H,2-3,5,10-11,18H2,1H3,(H2,30,31)(H,32,33);1H. The van der Waals surface area contributed by atoms with Crippen LogP contribution in [0.25, 0.3) is 10.9 Å². The molecule has 0 radical (unpaired) electrons. The van der Waals surface area contributed by atoms with Crippen LogP contribution in [-0.4, -0.2) is 17.5 Å². The van der Waals surface area contributed by atoms with E-state index >= 15 is 0 Å². The summed E-state index contributed by atoms with van der Waals surface area (Å²) in [6.45, 7) is 2.65. The van der Waals surface area contributed by atoms with Gasteiger partial charge in [-0.15, -0.1) is 12.4 Å². The van der Waals surface area contributed by atoms with Crippen LogP contribution in [0.5, 0.6) is 5.75 Å². The molecule has 0 unspecified atom stereocenters. The summed E-state index contributed by atoms with van der Waals surface area (Å²) in [5.74, 6) is 0.813. The van der Waals surface area contributed by atoms with Gasteiger partial charge >= 0.3 is 0 Å². The van der Waals surface area contributed by atoms with Crippen molar-refractivity contribution in [3.8, 4) is 5.75 Å². The average Bonchev–Trinajstić information content (AvgIpc) is 2.84. The number of hydrogen-bond acceptors (Lipinski definition) is 4. The number of carbonyl (C=O) groups excluding carboxylic acids is 1. The number of nitrogen functional groups attached to an aromatic ring is 1. The Kier molecular flexibility index (Phi) is 9.50. The second-order valence-electron chi connectivity index (χ2n) is 8.52. The Balaban J connectivity index is 0.00000342. The van der Waals surface area contributed by atoms with Gasteiger partial charge in [0, 0.05) is 28.0 Å². The van der Waals surface area contributed by atoms with Crippen molar-refractivity contribution in [2.45, 2.75) is 39.0 Å². The van der Waals surface area contributed by atoms with Crippen molar-refractivity contribution < 1.29 is 9.53 Å². The molecule has 0 aliphatic heterocycles. The van der Waals surface area contributed by atoms with E-state index in [2.05, 4.69) is 10.3 Å². The zero-order valence-electron chi connectivity index (χ0n) is 20.0. The van der Waals surface area contributed by atoms with Crippen LogP contribution in [0.2, 0.25) is 0 Å². The number of unbranched alkanes of at least 4 members (excludes halogenated alkanes) is 3.